The lowest BCUT2D eigenvalue weighted by molar-refractivity contribution is 0.626. The Hall–Kier alpha value is -2.15. The molecule has 0 atom stereocenters. The van der Waals surface area contributed by atoms with Gasteiger partial charge in [0.1, 0.15) is 5.82 Å². The van der Waals surface area contributed by atoms with Gasteiger partial charge in [-0.05, 0) is 59.5 Å². The van der Waals surface area contributed by atoms with Crippen LogP contribution in [0.5, 0.6) is 0 Å². The summed E-state index contributed by atoms with van der Waals surface area (Å²) in [6.07, 6.45) is 0.726. The summed E-state index contributed by atoms with van der Waals surface area (Å²) in [5, 5.41) is 2.47. The van der Waals surface area contributed by atoms with Crippen molar-refractivity contribution in [3.63, 3.8) is 0 Å². The van der Waals surface area contributed by atoms with E-state index >= 15 is 0 Å². The van der Waals surface area contributed by atoms with Crippen molar-refractivity contribution in [1.82, 2.24) is 0 Å². The first-order valence-corrected chi connectivity index (χ1v) is 6.28. The normalized spacial score (nSPS) is 10.8. The molecule has 0 spiro atoms. The zero-order valence-electron chi connectivity index (χ0n) is 10.7. The molecule has 92 valence electrons. The number of fused-ring (bicyclic) bond motifs is 1. The van der Waals surface area contributed by atoms with Crippen molar-refractivity contribution in [2.24, 2.45) is 0 Å². The molecule has 3 rings (SSSR count). The summed E-state index contributed by atoms with van der Waals surface area (Å²) in [6, 6.07) is 21.4. The quantitative estimate of drug-likeness (QED) is 0.627. The molecule has 0 N–H and O–H groups in total. The summed E-state index contributed by atoms with van der Waals surface area (Å²) in [5.74, 6) is -0.294. The molecule has 0 saturated heterocycles. The average molecular weight is 248 g/mol. The predicted molar refractivity (Wildman–Crippen MR) is 75.6 cm³/mol. The molecule has 2 radical (unpaired) electrons. The van der Waals surface area contributed by atoms with E-state index in [0.29, 0.717) is 0 Å². The second-order valence-corrected chi connectivity index (χ2v) is 4.80. The maximum Gasteiger partial charge on any atom is 0.124 e. The lowest BCUT2D eigenvalue weighted by Gasteiger charge is -2.05. The van der Waals surface area contributed by atoms with Gasteiger partial charge in [0.2, 0.25) is 0 Å². The molecule has 0 aromatic heterocycles. The molecule has 19 heavy (non-hydrogen) atoms. The summed E-state index contributed by atoms with van der Waals surface area (Å²) in [5.41, 5.74) is 3.33. The van der Waals surface area contributed by atoms with E-state index in [4.69, 9.17) is 0 Å². The molecule has 0 aliphatic heterocycles. The van der Waals surface area contributed by atoms with Crippen molar-refractivity contribution >= 4 is 10.8 Å². The Bertz CT molecular complexity index is 711. The van der Waals surface area contributed by atoms with Crippen LogP contribution in [0.1, 0.15) is 16.7 Å². The molecular formula is C18H13F. The summed E-state index contributed by atoms with van der Waals surface area (Å²) in [6.45, 7) is 2.09. The van der Waals surface area contributed by atoms with Crippen LogP contribution in [0, 0.1) is 24.9 Å². The van der Waals surface area contributed by atoms with E-state index in [2.05, 4.69) is 55.5 Å². The Morgan fingerprint density at radius 3 is 2.47 bits per heavy atom. The van der Waals surface area contributed by atoms with Crippen molar-refractivity contribution < 1.29 is 4.39 Å². The third-order valence-electron chi connectivity index (χ3n) is 3.21. The highest BCUT2D eigenvalue weighted by atomic mass is 19.1. The standard InChI is InChI=1S/C18H13F/c1-13-2-6-16-7-3-15(12-17(16)10-13)11-14-4-8-18(19)9-5-14/h2-3,6-10,12H,11H2,1H3. The minimum absolute atomic E-state index is 0.294. The fourth-order valence-corrected chi connectivity index (χ4v) is 2.23. The van der Waals surface area contributed by atoms with Gasteiger partial charge in [0, 0.05) is 0 Å². The van der Waals surface area contributed by atoms with Crippen LogP contribution in [0.4, 0.5) is 4.39 Å². The largest absolute Gasteiger partial charge is 0.207 e. The lowest BCUT2D eigenvalue weighted by Crippen LogP contribution is -1.89. The molecular weight excluding hydrogens is 235 g/mol. The van der Waals surface area contributed by atoms with Gasteiger partial charge in [0.25, 0.3) is 0 Å². The third-order valence-corrected chi connectivity index (χ3v) is 3.21. The topological polar surface area (TPSA) is 0 Å². The van der Waals surface area contributed by atoms with Gasteiger partial charge in [-0.1, -0.05) is 42.0 Å². The number of hydrogen-bond donors (Lipinski definition) is 0. The number of halogens is 1. The molecule has 0 heterocycles. The van der Waals surface area contributed by atoms with E-state index in [0.717, 1.165) is 12.0 Å². The fraction of sp³-hybridized carbons (Fsp3) is 0.111. The maximum absolute atomic E-state index is 12.8. The van der Waals surface area contributed by atoms with E-state index in [1.54, 1.807) is 0 Å². The van der Waals surface area contributed by atoms with Gasteiger partial charge in [-0.3, -0.25) is 0 Å². The zero-order chi connectivity index (χ0) is 13.2. The molecule has 0 nitrogen and oxygen atoms in total. The smallest absolute Gasteiger partial charge is 0.124 e. The Balaban J connectivity index is 1.94. The van der Waals surface area contributed by atoms with Gasteiger partial charge in [-0.25, -0.2) is 4.39 Å². The van der Waals surface area contributed by atoms with E-state index in [1.807, 2.05) is 0 Å². The summed E-state index contributed by atoms with van der Waals surface area (Å²) in [4.78, 5) is 0. The average Bonchev–Trinajstić information content (AvgIpc) is 2.41. The SMILES string of the molecule is Cc1ccc2ccc(Cc3[c]cc(F)c[c]3)cc2c1. The third kappa shape index (κ3) is 2.65. The Morgan fingerprint density at radius 1 is 0.947 bits per heavy atom. The molecule has 3 aromatic carbocycles. The van der Waals surface area contributed by atoms with E-state index in [1.165, 1.54) is 34.0 Å². The van der Waals surface area contributed by atoms with Crippen molar-refractivity contribution in [1.29, 1.82) is 0 Å². The number of aryl methyl sites for hydroxylation is 1. The van der Waals surface area contributed by atoms with Crippen LogP contribution in [0.25, 0.3) is 10.8 Å². The molecule has 0 fully saturated rings. The monoisotopic (exact) mass is 248 g/mol. The van der Waals surface area contributed by atoms with Crippen LogP contribution in [0.2, 0.25) is 0 Å². The van der Waals surface area contributed by atoms with Crippen LogP contribution in [-0.4, -0.2) is 0 Å². The highest BCUT2D eigenvalue weighted by Gasteiger charge is 2.00. The predicted octanol–water partition coefficient (Wildman–Crippen LogP) is 4.48. The van der Waals surface area contributed by atoms with Gasteiger partial charge in [0.15, 0.2) is 0 Å². The van der Waals surface area contributed by atoms with Crippen molar-refractivity contribution in [2.45, 2.75) is 13.3 Å². The van der Waals surface area contributed by atoms with Gasteiger partial charge >= 0.3 is 0 Å². The molecule has 0 bridgehead atoms. The summed E-state index contributed by atoms with van der Waals surface area (Å²) >= 11 is 0. The second-order valence-electron chi connectivity index (χ2n) is 4.80. The zero-order valence-corrected chi connectivity index (χ0v) is 10.7. The van der Waals surface area contributed by atoms with Gasteiger partial charge in [-0.15, -0.1) is 0 Å². The Labute approximate surface area is 112 Å². The molecule has 3 aromatic rings. The first-order chi connectivity index (χ1) is 9.20. The van der Waals surface area contributed by atoms with Gasteiger partial charge in [-0.2, -0.15) is 0 Å². The van der Waals surface area contributed by atoms with Gasteiger partial charge < -0.3 is 0 Å². The molecule has 0 unspecified atom stereocenters. The van der Waals surface area contributed by atoms with Crippen molar-refractivity contribution in [2.75, 3.05) is 0 Å². The Kier molecular flexibility index (Phi) is 3.04. The highest BCUT2D eigenvalue weighted by molar-refractivity contribution is 5.83. The first kappa shape index (κ1) is 11.9. The molecule has 0 aliphatic carbocycles. The molecule has 1 heteroatoms. The van der Waals surface area contributed by atoms with Crippen LogP contribution in [-0.2, 0) is 6.42 Å². The van der Waals surface area contributed by atoms with E-state index in [-0.39, 0.29) is 5.82 Å². The second kappa shape index (κ2) is 4.85. The van der Waals surface area contributed by atoms with Crippen LogP contribution in [0.3, 0.4) is 0 Å². The van der Waals surface area contributed by atoms with E-state index < -0.39 is 0 Å². The first-order valence-electron chi connectivity index (χ1n) is 6.28. The number of rotatable bonds is 2. The van der Waals surface area contributed by atoms with Crippen LogP contribution in [0.15, 0.2) is 48.5 Å². The molecule has 0 aliphatic rings. The highest BCUT2D eigenvalue weighted by Crippen LogP contribution is 2.19. The van der Waals surface area contributed by atoms with Crippen LogP contribution < -0.4 is 0 Å². The van der Waals surface area contributed by atoms with Crippen LogP contribution >= 0.6 is 0 Å². The van der Waals surface area contributed by atoms with E-state index in [9.17, 15) is 4.39 Å². The molecule has 0 amide bonds. The maximum atomic E-state index is 12.8. The molecule has 0 saturated carbocycles. The number of benzene rings is 3. The van der Waals surface area contributed by atoms with Crippen molar-refractivity contribution in [3.8, 4) is 0 Å². The number of hydrogen-bond acceptors (Lipinski definition) is 0. The minimum Gasteiger partial charge on any atom is -0.207 e. The fourth-order valence-electron chi connectivity index (χ4n) is 2.23. The van der Waals surface area contributed by atoms with Gasteiger partial charge in [0.05, 0.1) is 0 Å². The lowest BCUT2D eigenvalue weighted by atomic mass is 10.0. The van der Waals surface area contributed by atoms with Crippen molar-refractivity contribution in [3.05, 3.63) is 83.2 Å². The minimum atomic E-state index is -0.294. The summed E-state index contributed by atoms with van der Waals surface area (Å²) < 4.78 is 12.8. The Morgan fingerprint density at radius 2 is 1.68 bits per heavy atom. The summed E-state index contributed by atoms with van der Waals surface area (Å²) in [7, 11) is 0.